The van der Waals surface area contributed by atoms with Crippen LogP contribution in [0, 0.1) is 0 Å². The molecule has 4 nitrogen and oxygen atoms in total. The van der Waals surface area contributed by atoms with E-state index in [9.17, 15) is 4.79 Å². The third-order valence-corrected chi connectivity index (χ3v) is 3.04. The molecule has 1 aromatic rings. The van der Waals surface area contributed by atoms with E-state index in [-0.39, 0.29) is 12.5 Å². The molecule has 0 radical (unpaired) electrons. The molecular formula is C13H18Cl2N2O2. The molecule has 0 spiro atoms. The highest BCUT2D eigenvalue weighted by Gasteiger charge is 2.04. The molecule has 0 aliphatic heterocycles. The number of aliphatic hydroxyl groups is 1. The molecule has 0 saturated heterocycles. The standard InChI is InChI=1S/C13H18Cl2N2O2/c1-9(18)7-16-8-13(19)17-5-4-10-2-3-11(14)6-12(10)15/h2-3,6,9,16,18H,4-5,7-8H2,1H3,(H,17,19). The molecule has 1 amide bonds. The molecule has 3 N–H and O–H groups in total. The highest BCUT2D eigenvalue weighted by Crippen LogP contribution is 2.20. The molecule has 0 heterocycles. The van der Waals surface area contributed by atoms with E-state index in [2.05, 4.69) is 10.6 Å². The average Bonchev–Trinajstić information content (AvgIpc) is 2.31. The van der Waals surface area contributed by atoms with Gasteiger partial charge in [-0.1, -0.05) is 29.3 Å². The Morgan fingerprint density at radius 1 is 1.42 bits per heavy atom. The number of carbonyl (C=O) groups is 1. The van der Waals surface area contributed by atoms with Crippen LogP contribution in [0.2, 0.25) is 10.0 Å². The van der Waals surface area contributed by atoms with Gasteiger partial charge in [-0.3, -0.25) is 4.79 Å². The maximum Gasteiger partial charge on any atom is 0.233 e. The minimum atomic E-state index is -0.458. The van der Waals surface area contributed by atoms with E-state index in [1.807, 2.05) is 6.07 Å². The topological polar surface area (TPSA) is 61.4 Å². The van der Waals surface area contributed by atoms with Crippen molar-refractivity contribution in [2.75, 3.05) is 19.6 Å². The van der Waals surface area contributed by atoms with E-state index in [1.165, 1.54) is 0 Å². The zero-order valence-electron chi connectivity index (χ0n) is 10.7. The summed E-state index contributed by atoms with van der Waals surface area (Å²) >= 11 is 11.8. The van der Waals surface area contributed by atoms with Crippen LogP contribution in [0.3, 0.4) is 0 Å². The third kappa shape index (κ3) is 6.78. The maximum absolute atomic E-state index is 11.4. The van der Waals surface area contributed by atoms with Gasteiger partial charge in [-0.15, -0.1) is 0 Å². The van der Waals surface area contributed by atoms with Crippen molar-refractivity contribution < 1.29 is 9.90 Å². The number of rotatable bonds is 7. The Kier molecular flexibility index (Phi) is 7.16. The van der Waals surface area contributed by atoms with E-state index >= 15 is 0 Å². The molecule has 106 valence electrons. The molecule has 1 unspecified atom stereocenters. The fourth-order valence-electron chi connectivity index (χ4n) is 1.52. The first kappa shape index (κ1) is 16.2. The summed E-state index contributed by atoms with van der Waals surface area (Å²) in [6.45, 7) is 2.76. The number of halogens is 2. The number of hydrogen-bond acceptors (Lipinski definition) is 3. The SMILES string of the molecule is CC(O)CNCC(=O)NCCc1ccc(Cl)cc1Cl. The zero-order valence-corrected chi connectivity index (χ0v) is 12.3. The van der Waals surface area contributed by atoms with Crippen molar-refractivity contribution in [2.45, 2.75) is 19.4 Å². The van der Waals surface area contributed by atoms with Crippen molar-refractivity contribution in [3.63, 3.8) is 0 Å². The van der Waals surface area contributed by atoms with Gasteiger partial charge in [-0.25, -0.2) is 0 Å². The van der Waals surface area contributed by atoms with Gasteiger partial charge in [0.05, 0.1) is 12.6 Å². The van der Waals surface area contributed by atoms with E-state index in [0.29, 0.717) is 29.6 Å². The highest BCUT2D eigenvalue weighted by molar-refractivity contribution is 6.35. The van der Waals surface area contributed by atoms with Crippen LogP contribution in [-0.4, -0.2) is 36.8 Å². The molecule has 6 heteroatoms. The number of benzene rings is 1. The highest BCUT2D eigenvalue weighted by atomic mass is 35.5. The first-order chi connectivity index (χ1) is 8.99. The first-order valence-electron chi connectivity index (χ1n) is 6.08. The lowest BCUT2D eigenvalue weighted by Crippen LogP contribution is -2.37. The monoisotopic (exact) mass is 304 g/mol. The normalized spacial score (nSPS) is 12.2. The predicted octanol–water partition coefficient (Wildman–Crippen LogP) is 1.62. The third-order valence-electron chi connectivity index (χ3n) is 2.46. The van der Waals surface area contributed by atoms with Gasteiger partial charge in [-0.2, -0.15) is 0 Å². The average molecular weight is 305 g/mol. The second kappa shape index (κ2) is 8.38. The number of hydrogen-bond donors (Lipinski definition) is 3. The molecule has 1 rings (SSSR count). The Balaban J connectivity index is 2.24. The van der Waals surface area contributed by atoms with E-state index in [1.54, 1.807) is 19.1 Å². The van der Waals surface area contributed by atoms with Gasteiger partial charge >= 0.3 is 0 Å². The molecular weight excluding hydrogens is 287 g/mol. The van der Waals surface area contributed by atoms with Gasteiger partial charge < -0.3 is 15.7 Å². The Hall–Kier alpha value is -0.810. The Labute approximate surface area is 123 Å². The molecule has 0 aliphatic rings. The van der Waals surface area contributed by atoms with Gasteiger partial charge in [0.15, 0.2) is 0 Å². The van der Waals surface area contributed by atoms with Crippen LogP contribution < -0.4 is 10.6 Å². The lowest BCUT2D eigenvalue weighted by Gasteiger charge is -2.09. The molecule has 0 aliphatic carbocycles. The molecule has 0 fully saturated rings. The number of aliphatic hydroxyl groups excluding tert-OH is 1. The van der Waals surface area contributed by atoms with Gasteiger partial charge in [0.1, 0.15) is 0 Å². The smallest absolute Gasteiger partial charge is 0.233 e. The van der Waals surface area contributed by atoms with Gasteiger partial charge in [0.2, 0.25) is 5.91 Å². The minimum absolute atomic E-state index is 0.106. The lowest BCUT2D eigenvalue weighted by molar-refractivity contribution is -0.120. The van der Waals surface area contributed by atoms with E-state index in [0.717, 1.165) is 5.56 Å². The molecule has 19 heavy (non-hydrogen) atoms. The Morgan fingerprint density at radius 3 is 2.79 bits per heavy atom. The van der Waals surface area contributed by atoms with Crippen LogP contribution in [-0.2, 0) is 11.2 Å². The summed E-state index contributed by atoms with van der Waals surface area (Å²) in [7, 11) is 0. The summed E-state index contributed by atoms with van der Waals surface area (Å²) in [4.78, 5) is 11.4. The van der Waals surface area contributed by atoms with Crippen molar-refractivity contribution in [2.24, 2.45) is 0 Å². The first-order valence-corrected chi connectivity index (χ1v) is 6.84. The molecule has 0 saturated carbocycles. The van der Waals surface area contributed by atoms with Gasteiger partial charge in [0.25, 0.3) is 0 Å². The van der Waals surface area contributed by atoms with Crippen LogP contribution in [0.25, 0.3) is 0 Å². The van der Waals surface area contributed by atoms with Crippen LogP contribution in [0.5, 0.6) is 0 Å². The number of carbonyl (C=O) groups excluding carboxylic acids is 1. The largest absolute Gasteiger partial charge is 0.392 e. The lowest BCUT2D eigenvalue weighted by atomic mass is 10.1. The fraction of sp³-hybridized carbons (Fsp3) is 0.462. The van der Waals surface area contributed by atoms with Crippen molar-refractivity contribution in [3.05, 3.63) is 33.8 Å². The van der Waals surface area contributed by atoms with Gasteiger partial charge in [-0.05, 0) is 31.0 Å². The second-order valence-corrected chi connectivity index (χ2v) is 5.16. The zero-order chi connectivity index (χ0) is 14.3. The Morgan fingerprint density at radius 2 is 2.16 bits per heavy atom. The van der Waals surface area contributed by atoms with Crippen molar-refractivity contribution >= 4 is 29.1 Å². The van der Waals surface area contributed by atoms with Crippen LogP contribution >= 0.6 is 23.2 Å². The van der Waals surface area contributed by atoms with Crippen LogP contribution in [0.15, 0.2) is 18.2 Å². The van der Waals surface area contributed by atoms with Gasteiger partial charge in [0, 0.05) is 23.1 Å². The second-order valence-electron chi connectivity index (χ2n) is 4.32. The summed E-state index contributed by atoms with van der Waals surface area (Å²) in [6.07, 6.45) is 0.193. The van der Waals surface area contributed by atoms with Crippen LogP contribution in [0.1, 0.15) is 12.5 Å². The molecule has 0 bridgehead atoms. The quantitative estimate of drug-likeness (QED) is 0.717. The summed E-state index contributed by atoms with van der Waals surface area (Å²) in [5, 5.41) is 15.8. The fourth-order valence-corrected chi connectivity index (χ4v) is 2.02. The number of amides is 1. The minimum Gasteiger partial charge on any atom is -0.392 e. The predicted molar refractivity (Wildman–Crippen MR) is 77.7 cm³/mol. The summed E-state index contributed by atoms with van der Waals surface area (Å²) < 4.78 is 0. The van der Waals surface area contributed by atoms with Crippen molar-refractivity contribution in [1.29, 1.82) is 0 Å². The molecule has 1 atom stereocenters. The maximum atomic E-state index is 11.4. The van der Waals surface area contributed by atoms with E-state index < -0.39 is 6.10 Å². The van der Waals surface area contributed by atoms with Crippen molar-refractivity contribution in [3.8, 4) is 0 Å². The Bertz CT molecular complexity index is 425. The van der Waals surface area contributed by atoms with Crippen molar-refractivity contribution in [1.82, 2.24) is 10.6 Å². The van der Waals surface area contributed by atoms with E-state index in [4.69, 9.17) is 28.3 Å². The van der Waals surface area contributed by atoms with Crippen LogP contribution in [0.4, 0.5) is 0 Å². The summed E-state index contributed by atoms with van der Waals surface area (Å²) in [5.41, 5.74) is 0.948. The summed E-state index contributed by atoms with van der Waals surface area (Å²) in [6, 6.07) is 5.31. The molecule has 1 aromatic carbocycles. The summed E-state index contributed by atoms with van der Waals surface area (Å²) in [5.74, 6) is -0.106. The number of nitrogens with one attached hydrogen (secondary N) is 2. The molecule has 0 aromatic heterocycles.